The molecule has 3 aromatic rings. The van der Waals surface area contributed by atoms with Crippen molar-refractivity contribution in [3.63, 3.8) is 0 Å². The average Bonchev–Trinajstić information content (AvgIpc) is 3.26. The Kier molecular flexibility index (Phi) is 5.84. The first-order valence-corrected chi connectivity index (χ1v) is 10.2. The van der Waals surface area contributed by atoms with E-state index >= 15 is 0 Å². The first kappa shape index (κ1) is 19.1. The van der Waals surface area contributed by atoms with Gasteiger partial charge in [0.2, 0.25) is 5.91 Å². The molecule has 0 spiro atoms. The predicted molar refractivity (Wildman–Crippen MR) is 116 cm³/mol. The van der Waals surface area contributed by atoms with Crippen LogP contribution in [0.2, 0.25) is 0 Å². The lowest BCUT2D eigenvalue weighted by molar-refractivity contribution is -0.116. The molecule has 2 amide bonds. The molecular formula is C24H25N3O2. The smallest absolute Gasteiger partial charge is 0.256 e. The van der Waals surface area contributed by atoms with Crippen LogP contribution >= 0.6 is 0 Å². The molecule has 1 saturated carbocycles. The lowest BCUT2D eigenvalue weighted by Gasteiger charge is -2.10. The van der Waals surface area contributed by atoms with Crippen LogP contribution in [0.1, 0.15) is 48.9 Å². The van der Waals surface area contributed by atoms with Crippen molar-refractivity contribution in [2.75, 3.05) is 10.6 Å². The summed E-state index contributed by atoms with van der Waals surface area (Å²) in [5.41, 5.74) is 1.95. The first-order valence-electron chi connectivity index (χ1n) is 10.2. The maximum Gasteiger partial charge on any atom is 0.256 e. The Balaban J connectivity index is 1.37. The molecule has 1 aromatic heterocycles. The predicted octanol–water partition coefficient (Wildman–Crippen LogP) is 5.40. The summed E-state index contributed by atoms with van der Waals surface area (Å²) in [6, 6.07) is 18.5. The number of hydrogen-bond acceptors (Lipinski definition) is 3. The quantitative estimate of drug-likeness (QED) is 0.595. The molecule has 1 aliphatic rings. The van der Waals surface area contributed by atoms with Crippen LogP contribution in [-0.4, -0.2) is 16.8 Å². The molecule has 2 aromatic carbocycles. The van der Waals surface area contributed by atoms with Crippen molar-refractivity contribution in [3.8, 4) is 0 Å². The second-order valence-electron chi connectivity index (χ2n) is 7.66. The number of aromatic nitrogens is 1. The SMILES string of the molecule is O=C(CCC1CCCC1)Nc1cccc(C(=O)Nc2ccc3ccccc3n2)c1. The minimum absolute atomic E-state index is 0.00524. The van der Waals surface area contributed by atoms with E-state index in [9.17, 15) is 9.59 Å². The minimum Gasteiger partial charge on any atom is -0.326 e. The number of rotatable bonds is 6. The second-order valence-corrected chi connectivity index (χ2v) is 7.66. The summed E-state index contributed by atoms with van der Waals surface area (Å²) in [6.45, 7) is 0. The van der Waals surface area contributed by atoms with E-state index in [4.69, 9.17) is 0 Å². The molecule has 148 valence electrons. The maximum atomic E-state index is 12.6. The lowest BCUT2D eigenvalue weighted by atomic mass is 10.0. The normalized spacial score (nSPS) is 14.1. The van der Waals surface area contributed by atoms with Crippen LogP contribution in [0.15, 0.2) is 60.7 Å². The molecule has 0 bridgehead atoms. The summed E-state index contributed by atoms with van der Waals surface area (Å²) in [4.78, 5) is 29.3. The molecule has 5 heteroatoms. The van der Waals surface area contributed by atoms with Gasteiger partial charge in [0, 0.05) is 23.1 Å². The number of benzene rings is 2. The van der Waals surface area contributed by atoms with Gasteiger partial charge in [-0.1, -0.05) is 49.9 Å². The minimum atomic E-state index is -0.255. The van der Waals surface area contributed by atoms with Crippen LogP contribution in [0.5, 0.6) is 0 Å². The molecule has 1 heterocycles. The molecule has 2 N–H and O–H groups in total. The van der Waals surface area contributed by atoms with Gasteiger partial charge in [-0.3, -0.25) is 9.59 Å². The van der Waals surface area contributed by atoms with Crippen molar-refractivity contribution in [1.82, 2.24) is 4.98 Å². The van der Waals surface area contributed by atoms with E-state index < -0.39 is 0 Å². The van der Waals surface area contributed by atoms with Gasteiger partial charge in [-0.2, -0.15) is 0 Å². The van der Waals surface area contributed by atoms with Gasteiger partial charge in [-0.25, -0.2) is 4.98 Å². The number of anilines is 2. The van der Waals surface area contributed by atoms with Crippen LogP contribution in [0.4, 0.5) is 11.5 Å². The Hall–Kier alpha value is -3.21. The molecule has 4 rings (SSSR count). The summed E-state index contributed by atoms with van der Waals surface area (Å²) in [6.07, 6.45) is 6.53. The van der Waals surface area contributed by atoms with Crippen molar-refractivity contribution in [3.05, 3.63) is 66.2 Å². The van der Waals surface area contributed by atoms with Crippen LogP contribution in [-0.2, 0) is 4.79 Å². The fraction of sp³-hybridized carbons (Fsp3) is 0.292. The van der Waals surface area contributed by atoms with Crippen LogP contribution in [0.3, 0.4) is 0 Å². The summed E-state index contributed by atoms with van der Waals surface area (Å²) in [5.74, 6) is 0.938. The summed E-state index contributed by atoms with van der Waals surface area (Å²) in [5, 5.41) is 6.77. The van der Waals surface area contributed by atoms with Crippen molar-refractivity contribution in [1.29, 1.82) is 0 Å². The topological polar surface area (TPSA) is 71.1 Å². The highest BCUT2D eigenvalue weighted by Gasteiger charge is 2.16. The monoisotopic (exact) mass is 387 g/mol. The summed E-state index contributed by atoms with van der Waals surface area (Å²) in [7, 11) is 0. The van der Waals surface area contributed by atoms with Gasteiger partial charge in [0.25, 0.3) is 5.91 Å². The number of amides is 2. The number of carbonyl (C=O) groups excluding carboxylic acids is 2. The highest BCUT2D eigenvalue weighted by Crippen LogP contribution is 2.28. The molecular weight excluding hydrogens is 362 g/mol. The maximum absolute atomic E-state index is 12.6. The number of hydrogen-bond donors (Lipinski definition) is 2. The number of para-hydroxylation sites is 1. The van der Waals surface area contributed by atoms with E-state index in [-0.39, 0.29) is 11.8 Å². The number of carbonyl (C=O) groups is 2. The van der Waals surface area contributed by atoms with E-state index in [0.29, 0.717) is 29.4 Å². The van der Waals surface area contributed by atoms with Crippen molar-refractivity contribution < 1.29 is 9.59 Å². The molecule has 29 heavy (non-hydrogen) atoms. The highest BCUT2D eigenvalue weighted by atomic mass is 16.2. The van der Waals surface area contributed by atoms with Gasteiger partial charge in [-0.15, -0.1) is 0 Å². The second kappa shape index (κ2) is 8.86. The van der Waals surface area contributed by atoms with Gasteiger partial charge >= 0.3 is 0 Å². The summed E-state index contributed by atoms with van der Waals surface area (Å²) >= 11 is 0. The average molecular weight is 387 g/mol. The Bertz CT molecular complexity index is 1030. The third kappa shape index (κ3) is 4.99. The van der Waals surface area contributed by atoms with Crippen molar-refractivity contribution >= 4 is 34.2 Å². The molecule has 1 fully saturated rings. The Morgan fingerprint density at radius 3 is 2.62 bits per heavy atom. The molecule has 0 radical (unpaired) electrons. The Morgan fingerprint density at radius 1 is 0.931 bits per heavy atom. The Morgan fingerprint density at radius 2 is 1.76 bits per heavy atom. The van der Waals surface area contributed by atoms with Crippen LogP contribution in [0, 0.1) is 5.92 Å². The molecule has 1 aliphatic carbocycles. The largest absolute Gasteiger partial charge is 0.326 e. The van der Waals surface area contributed by atoms with Gasteiger partial charge in [0.15, 0.2) is 0 Å². The molecule has 0 aliphatic heterocycles. The van der Waals surface area contributed by atoms with Crippen molar-refractivity contribution in [2.24, 2.45) is 5.92 Å². The van der Waals surface area contributed by atoms with Gasteiger partial charge in [0.1, 0.15) is 5.82 Å². The van der Waals surface area contributed by atoms with E-state index in [1.54, 1.807) is 30.3 Å². The molecule has 0 atom stereocenters. The van der Waals surface area contributed by atoms with Gasteiger partial charge in [0.05, 0.1) is 5.52 Å². The van der Waals surface area contributed by atoms with E-state index in [1.165, 1.54) is 25.7 Å². The number of fused-ring (bicyclic) bond motifs is 1. The standard InChI is InChI=1S/C24H25N3O2/c28-23(15-12-17-6-1-2-7-17)25-20-10-5-9-19(16-20)24(29)27-22-14-13-18-8-3-4-11-21(18)26-22/h3-5,8-11,13-14,16-17H,1-2,6-7,12,15H2,(H,25,28)(H,26,27,29). The van der Waals surface area contributed by atoms with Crippen LogP contribution < -0.4 is 10.6 Å². The van der Waals surface area contributed by atoms with Crippen LogP contribution in [0.25, 0.3) is 10.9 Å². The van der Waals surface area contributed by atoms with Crippen molar-refractivity contribution in [2.45, 2.75) is 38.5 Å². The van der Waals surface area contributed by atoms with Gasteiger partial charge < -0.3 is 10.6 Å². The zero-order valence-electron chi connectivity index (χ0n) is 16.4. The van der Waals surface area contributed by atoms with Gasteiger partial charge in [-0.05, 0) is 48.7 Å². The number of nitrogens with zero attached hydrogens (tertiary/aromatic N) is 1. The Labute approximate surface area is 170 Å². The fourth-order valence-corrected chi connectivity index (χ4v) is 3.92. The van der Waals surface area contributed by atoms with E-state index in [0.717, 1.165) is 17.3 Å². The number of pyridine rings is 1. The zero-order chi connectivity index (χ0) is 20.1. The third-order valence-corrected chi connectivity index (χ3v) is 5.50. The molecule has 0 saturated heterocycles. The third-order valence-electron chi connectivity index (χ3n) is 5.50. The van der Waals surface area contributed by atoms with E-state index in [1.807, 2.05) is 30.3 Å². The fourth-order valence-electron chi connectivity index (χ4n) is 3.92. The lowest BCUT2D eigenvalue weighted by Crippen LogP contribution is -2.15. The molecule has 0 unspecified atom stereocenters. The summed E-state index contributed by atoms with van der Waals surface area (Å²) < 4.78 is 0. The zero-order valence-corrected chi connectivity index (χ0v) is 16.4. The number of nitrogens with one attached hydrogen (secondary N) is 2. The molecule has 5 nitrogen and oxygen atoms in total. The van der Waals surface area contributed by atoms with E-state index in [2.05, 4.69) is 15.6 Å². The first-order chi connectivity index (χ1) is 14.2. The highest BCUT2D eigenvalue weighted by molar-refractivity contribution is 6.05.